The first-order valence-corrected chi connectivity index (χ1v) is 11.9. The van der Waals surface area contributed by atoms with E-state index in [0.717, 1.165) is 28.3 Å². The quantitative estimate of drug-likeness (QED) is 0.184. The van der Waals surface area contributed by atoms with E-state index in [-0.39, 0.29) is 24.1 Å². The maximum atomic E-state index is 13.9. The molecule has 2 aromatic carbocycles. The second-order valence-electron chi connectivity index (χ2n) is 9.29. The molecule has 3 rings (SSSR count). The van der Waals surface area contributed by atoms with Crippen molar-refractivity contribution in [2.45, 2.75) is 66.2 Å². The van der Waals surface area contributed by atoms with Crippen LogP contribution in [0.15, 0.2) is 54.2 Å². The zero-order valence-corrected chi connectivity index (χ0v) is 20.9. The Balaban J connectivity index is 1.91. The van der Waals surface area contributed by atoms with Gasteiger partial charge in [-0.2, -0.15) is 13.2 Å². The summed E-state index contributed by atoms with van der Waals surface area (Å²) in [7, 11) is 0. The van der Waals surface area contributed by atoms with Crippen LogP contribution in [-0.4, -0.2) is 10.9 Å². The summed E-state index contributed by atoms with van der Waals surface area (Å²) < 4.78 is 43.5. The van der Waals surface area contributed by atoms with E-state index in [9.17, 15) is 18.0 Å². The molecule has 4 nitrogen and oxygen atoms in total. The van der Waals surface area contributed by atoms with E-state index in [4.69, 9.17) is 4.84 Å². The predicted octanol–water partition coefficient (Wildman–Crippen LogP) is 7.48. The molecule has 0 aliphatic rings. The number of aromatic nitrogens is 1. The van der Waals surface area contributed by atoms with Crippen molar-refractivity contribution in [2.75, 3.05) is 0 Å². The standard InChI is InChI=1S/C28H33F3N2O2/c1-6-19(4)27(22-11-10-21(16-18(2)3)25(17-22)28(29,30)31)35-32-20(5)23-8-7-9-26-24(23)12-13-33(26)14-15-34/h7-13,15,17-18,20,32H,6,14,16H2,1-5H3. The third-order valence-corrected chi connectivity index (χ3v) is 6.15. The van der Waals surface area contributed by atoms with Gasteiger partial charge in [-0.1, -0.05) is 45.0 Å². The first-order chi connectivity index (χ1) is 16.6. The van der Waals surface area contributed by atoms with Crippen molar-refractivity contribution in [3.63, 3.8) is 0 Å². The third kappa shape index (κ3) is 6.14. The Kier molecular flexibility index (Phi) is 8.43. The lowest BCUT2D eigenvalue weighted by Crippen LogP contribution is -2.20. The Hall–Kier alpha value is -3.06. The summed E-state index contributed by atoms with van der Waals surface area (Å²) in [6, 6.07) is 12.0. The van der Waals surface area contributed by atoms with Crippen LogP contribution >= 0.6 is 0 Å². The molecule has 0 radical (unpaired) electrons. The number of halogens is 3. The van der Waals surface area contributed by atoms with E-state index in [0.29, 0.717) is 24.2 Å². The number of hydrogen-bond donors (Lipinski definition) is 1. The highest BCUT2D eigenvalue weighted by Gasteiger charge is 2.34. The number of allylic oxidation sites excluding steroid dienone is 1. The molecule has 0 aliphatic carbocycles. The second-order valence-corrected chi connectivity index (χ2v) is 9.29. The van der Waals surface area contributed by atoms with Crippen LogP contribution in [0.3, 0.4) is 0 Å². The maximum Gasteiger partial charge on any atom is 0.416 e. The van der Waals surface area contributed by atoms with Crippen molar-refractivity contribution in [1.82, 2.24) is 10.0 Å². The second kappa shape index (κ2) is 11.1. The summed E-state index contributed by atoms with van der Waals surface area (Å²) in [5.41, 5.74) is 5.82. The fraction of sp³-hybridized carbons (Fsp3) is 0.393. The predicted molar refractivity (Wildman–Crippen MR) is 134 cm³/mol. The van der Waals surface area contributed by atoms with E-state index in [1.165, 1.54) is 6.07 Å². The Morgan fingerprint density at radius 1 is 1.14 bits per heavy atom. The molecule has 0 saturated heterocycles. The summed E-state index contributed by atoms with van der Waals surface area (Å²) in [5.74, 6) is 0.504. The van der Waals surface area contributed by atoms with Gasteiger partial charge in [-0.3, -0.25) is 0 Å². The van der Waals surface area contributed by atoms with Gasteiger partial charge in [-0.15, -0.1) is 5.48 Å². The van der Waals surface area contributed by atoms with Gasteiger partial charge < -0.3 is 14.2 Å². The minimum Gasteiger partial charge on any atom is -0.408 e. The van der Waals surface area contributed by atoms with Crippen LogP contribution in [0.25, 0.3) is 16.7 Å². The molecule has 0 saturated carbocycles. The molecule has 0 bridgehead atoms. The van der Waals surface area contributed by atoms with Crippen molar-refractivity contribution in [2.24, 2.45) is 5.92 Å². The normalized spacial score (nSPS) is 13.7. The number of nitrogens with one attached hydrogen (secondary N) is 1. The van der Waals surface area contributed by atoms with Gasteiger partial charge in [0.1, 0.15) is 6.29 Å². The average molecular weight is 487 g/mol. The van der Waals surface area contributed by atoms with Gasteiger partial charge in [0.05, 0.1) is 18.2 Å². The van der Waals surface area contributed by atoms with Gasteiger partial charge in [-0.05, 0) is 67.5 Å². The SMILES string of the molecule is CCC(C)=C(ONC(C)c1cccc2c1ccn2CC=O)c1ccc(CC(C)C)c(C(F)(F)F)c1. The Morgan fingerprint density at radius 2 is 1.89 bits per heavy atom. The Bertz CT molecular complexity index is 1210. The molecular formula is C28H33F3N2O2. The van der Waals surface area contributed by atoms with Crippen molar-refractivity contribution < 1.29 is 22.8 Å². The lowest BCUT2D eigenvalue weighted by Gasteiger charge is -2.21. The van der Waals surface area contributed by atoms with E-state index >= 15 is 0 Å². The lowest BCUT2D eigenvalue weighted by molar-refractivity contribution is -0.138. The third-order valence-electron chi connectivity index (χ3n) is 6.15. The molecule has 1 atom stereocenters. The van der Waals surface area contributed by atoms with E-state index in [1.807, 2.05) is 69.6 Å². The van der Waals surface area contributed by atoms with Crippen LogP contribution in [0.1, 0.15) is 69.3 Å². The first-order valence-electron chi connectivity index (χ1n) is 11.9. The largest absolute Gasteiger partial charge is 0.416 e. The zero-order chi connectivity index (χ0) is 25.8. The fourth-order valence-electron chi connectivity index (χ4n) is 4.23. The van der Waals surface area contributed by atoms with Gasteiger partial charge in [0.25, 0.3) is 0 Å². The average Bonchev–Trinajstić information content (AvgIpc) is 3.21. The minimum absolute atomic E-state index is 0.109. The fourth-order valence-corrected chi connectivity index (χ4v) is 4.23. The smallest absolute Gasteiger partial charge is 0.408 e. The van der Waals surface area contributed by atoms with Gasteiger partial charge in [0, 0.05) is 22.7 Å². The molecule has 0 fully saturated rings. The highest BCUT2D eigenvalue weighted by atomic mass is 19.4. The number of hydrogen-bond acceptors (Lipinski definition) is 3. The highest BCUT2D eigenvalue weighted by molar-refractivity contribution is 5.84. The molecule has 1 unspecified atom stereocenters. The molecule has 0 aliphatic heterocycles. The van der Waals surface area contributed by atoms with Crippen LogP contribution < -0.4 is 5.48 Å². The maximum absolute atomic E-state index is 13.9. The molecule has 0 spiro atoms. The van der Waals surface area contributed by atoms with Gasteiger partial charge in [0.2, 0.25) is 0 Å². The summed E-state index contributed by atoms with van der Waals surface area (Å²) in [6.07, 6.45) is -0.755. The Labute approximate surface area is 204 Å². The first kappa shape index (κ1) is 26.5. The van der Waals surface area contributed by atoms with E-state index < -0.39 is 11.7 Å². The molecule has 188 valence electrons. The molecule has 7 heteroatoms. The van der Waals surface area contributed by atoms with Crippen molar-refractivity contribution in [1.29, 1.82) is 0 Å². The number of alkyl halides is 3. The van der Waals surface area contributed by atoms with Crippen LogP contribution in [0.5, 0.6) is 0 Å². The lowest BCUT2D eigenvalue weighted by atomic mass is 9.94. The van der Waals surface area contributed by atoms with Crippen LogP contribution in [0.4, 0.5) is 13.2 Å². The molecule has 1 N–H and O–H groups in total. The van der Waals surface area contributed by atoms with Gasteiger partial charge in [0.15, 0.2) is 5.76 Å². The summed E-state index contributed by atoms with van der Waals surface area (Å²) in [4.78, 5) is 17.0. The minimum atomic E-state index is -4.45. The van der Waals surface area contributed by atoms with Gasteiger partial charge >= 0.3 is 6.18 Å². The zero-order valence-electron chi connectivity index (χ0n) is 20.9. The number of benzene rings is 2. The number of carbonyl (C=O) groups excluding carboxylic acids is 1. The molecule has 0 amide bonds. The van der Waals surface area contributed by atoms with Crippen molar-refractivity contribution in [3.8, 4) is 0 Å². The molecule has 3 aromatic rings. The van der Waals surface area contributed by atoms with Crippen molar-refractivity contribution in [3.05, 3.63) is 76.5 Å². The Morgan fingerprint density at radius 3 is 2.51 bits per heavy atom. The van der Waals surface area contributed by atoms with Crippen LogP contribution in [-0.2, 0) is 28.8 Å². The van der Waals surface area contributed by atoms with Crippen molar-refractivity contribution >= 4 is 22.9 Å². The highest BCUT2D eigenvalue weighted by Crippen LogP contribution is 2.36. The molecular weight excluding hydrogens is 453 g/mol. The van der Waals surface area contributed by atoms with Crippen LogP contribution in [0, 0.1) is 5.92 Å². The molecule has 1 heterocycles. The van der Waals surface area contributed by atoms with Crippen LogP contribution in [0.2, 0.25) is 0 Å². The summed E-state index contributed by atoms with van der Waals surface area (Å²) >= 11 is 0. The topological polar surface area (TPSA) is 43.3 Å². The van der Waals surface area contributed by atoms with E-state index in [2.05, 4.69) is 5.48 Å². The van der Waals surface area contributed by atoms with Gasteiger partial charge in [-0.25, -0.2) is 0 Å². The summed E-state index contributed by atoms with van der Waals surface area (Å²) in [5, 5.41) is 0.980. The number of hydroxylamine groups is 1. The van der Waals surface area contributed by atoms with E-state index in [1.54, 1.807) is 12.1 Å². The monoisotopic (exact) mass is 486 g/mol. The number of aldehydes is 1. The number of rotatable bonds is 10. The molecule has 35 heavy (non-hydrogen) atoms. The number of carbonyl (C=O) groups is 1. The number of fused-ring (bicyclic) bond motifs is 1. The number of nitrogens with zero attached hydrogens (tertiary/aromatic N) is 1. The molecule has 1 aromatic heterocycles. The summed E-state index contributed by atoms with van der Waals surface area (Å²) in [6.45, 7) is 9.80.